The molecule has 70 heavy (non-hydrogen) atoms. The van der Waals surface area contributed by atoms with E-state index in [0.29, 0.717) is 18.3 Å². The van der Waals surface area contributed by atoms with Gasteiger partial charge in [-0.2, -0.15) is 0 Å². The summed E-state index contributed by atoms with van der Waals surface area (Å²) in [5, 5.41) is 12.9. The van der Waals surface area contributed by atoms with E-state index in [9.17, 15) is 19.5 Å². The SMILES string of the molecule is CC(C)(C)OC(=O)n1c2ccncc2c2ccc(-c3ccc(N4CCC(CC=O)CC4)nc3)cc21.CC(C)(C)OC(=O)n1c2ccncc2c2ccc(-c3ccc(N4CCC(CCO)CC4)nc3)cc21. The minimum absolute atomic E-state index is 0.269. The van der Waals surface area contributed by atoms with Crippen molar-refractivity contribution in [3.8, 4) is 22.3 Å². The number of aldehydes is 1. The normalized spacial score (nSPS) is 15.1. The predicted molar refractivity (Wildman–Crippen MR) is 276 cm³/mol. The molecule has 2 aliphatic rings. The minimum atomic E-state index is -0.605. The van der Waals surface area contributed by atoms with Gasteiger partial charge in [0.25, 0.3) is 0 Å². The number of fused-ring (bicyclic) bond motifs is 6. The first-order valence-electron chi connectivity index (χ1n) is 24.4. The summed E-state index contributed by atoms with van der Waals surface area (Å²) in [6.45, 7) is 15.2. The zero-order chi connectivity index (χ0) is 49.2. The number of hydrogen-bond acceptors (Lipinski definition) is 12. The highest BCUT2D eigenvalue weighted by atomic mass is 16.6. The highest BCUT2D eigenvalue weighted by Gasteiger charge is 2.26. The van der Waals surface area contributed by atoms with Crippen LogP contribution < -0.4 is 9.80 Å². The molecule has 14 nitrogen and oxygen atoms in total. The predicted octanol–water partition coefficient (Wildman–Crippen LogP) is 11.5. The first kappa shape index (κ1) is 47.9. The molecule has 362 valence electrons. The maximum atomic E-state index is 13.2. The molecule has 0 bridgehead atoms. The number of pyridine rings is 4. The second-order valence-electron chi connectivity index (χ2n) is 20.5. The van der Waals surface area contributed by atoms with Crippen molar-refractivity contribution in [2.75, 3.05) is 42.6 Å². The van der Waals surface area contributed by atoms with Crippen molar-refractivity contribution in [1.82, 2.24) is 29.1 Å². The van der Waals surface area contributed by atoms with Crippen LogP contribution in [0.15, 0.2) is 110 Å². The van der Waals surface area contributed by atoms with Crippen LogP contribution in [0.3, 0.4) is 0 Å². The van der Waals surface area contributed by atoms with E-state index in [1.165, 1.54) is 0 Å². The van der Waals surface area contributed by atoms with Crippen LogP contribution in [0.1, 0.15) is 80.1 Å². The van der Waals surface area contributed by atoms with Crippen LogP contribution in [0.4, 0.5) is 21.2 Å². The Kier molecular flexibility index (Phi) is 13.7. The Bertz CT molecular complexity index is 3150. The van der Waals surface area contributed by atoms with E-state index in [4.69, 9.17) is 19.4 Å². The van der Waals surface area contributed by atoms with E-state index in [1.54, 1.807) is 33.9 Å². The Morgan fingerprint density at radius 2 is 1.00 bits per heavy atom. The molecule has 2 saturated heterocycles. The van der Waals surface area contributed by atoms with Crippen LogP contribution in [-0.2, 0) is 14.3 Å². The number of rotatable bonds is 8. The third-order valence-electron chi connectivity index (χ3n) is 13.3. The summed E-state index contributed by atoms with van der Waals surface area (Å²) < 4.78 is 14.7. The largest absolute Gasteiger partial charge is 0.443 e. The maximum absolute atomic E-state index is 13.2. The molecule has 0 aliphatic carbocycles. The number of aromatic nitrogens is 6. The van der Waals surface area contributed by atoms with Gasteiger partial charge in [0.2, 0.25) is 0 Å². The molecule has 2 aliphatic heterocycles. The molecule has 2 aromatic carbocycles. The second-order valence-corrected chi connectivity index (χ2v) is 20.5. The second kappa shape index (κ2) is 20.0. The van der Waals surface area contributed by atoms with Crippen molar-refractivity contribution in [1.29, 1.82) is 0 Å². The number of carbonyl (C=O) groups is 3. The number of anilines is 2. The standard InChI is InChI=1S/C28H32N4O3.C28H30N4O3/c2*1-28(2,3)35-27(34)32-24-8-12-29-18-23(24)22-6-4-20(16-25(22)32)21-5-7-26(30-17-21)31-13-9-19(10-14-31)11-15-33/h4-8,12,16-19,33H,9-11,13-15H2,1-3H3;4-8,12,15-19H,9-11,13-14H2,1-3H3. The molecule has 2 fully saturated rings. The van der Waals surface area contributed by atoms with Crippen molar-refractivity contribution in [3.63, 3.8) is 0 Å². The van der Waals surface area contributed by atoms with Crippen molar-refractivity contribution in [3.05, 3.63) is 110 Å². The van der Waals surface area contributed by atoms with E-state index >= 15 is 0 Å². The Balaban J connectivity index is 0.000000174. The van der Waals surface area contributed by atoms with Gasteiger partial charge in [-0.05, 0) is 145 Å². The Morgan fingerprint density at radius 1 is 0.571 bits per heavy atom. The van der Waals surface area contributed by atoms with Crippen LogP contribution in [0, 0.1) is 11.8 Å². The van der Waals surface area contributed by atoms with E-state index in [2.05, 4.69) is 50.1 Å². The van der Waals surface area contributed by atoms with E-state index < -0.39 is 23.4 Å². The zero-order valence-electron chi connectivity index (χ0n) is 41.0. The quantitative estimate of drug-likeness (QED) is 0.144. The Labute approximate surface area is 408 Å². The molecule has 14 heteroatoms. The van der Waals surface area contributed by atoms with Gasteiger partial charge in [-0.15, -0.1) is 0 Å². The van der Waals surface area contributed by atoms with Crippen LogP contribution >= 0.6 is 0 Å². The lowest BCUT2D eigenvalue weighted by atomic mass is 9.94. The summed E-state index contributed by atoms with van der Waals surface area (Å²) in [6.07, 6.45) is 16.7. The number of nitrogens with zero attached hydrogens (tertiary/aromatic N) is 8. The topological polar surface area (TPSA) is 158 Å². The molecule has 0 spiro atoms. The molecule has 8 heterocycles. The monoisotopic (exact) mass is 942 g/mol. The lowest BCUT2D eigenvalue weighted by molar-refractivity contribution is -0.108. The van der Waals surface area contributed by atoms with Crippen molar-refractivity contribution in [2.45, 2.75) is 91.3 Å². The summed E-state index contributed by atoms with van der Waals surface area (Å²) in [6, 6.07) is 24.2. The molecular weight excluding hydrogens is 881 g/mol. The molecule has 6 aromatic heterocycles. The van der Waals surface area contributed by atoms with Crippen LogP contribution in [0.25, 0.3) is 65.9 Å². The van der Waals surface area contributed by atoms with E-state index in [0.717, 1.165) is 142 Å². The van der Waals surface area contributed by atoms with Gasteiger partial charge in [0.05, 0.1) is 22.1 Å². The van der Waals surface area contributed by atoms with Gasteiger partial charge in [-0.3, -0.25) is 9.97 Å². The molecule has 8 aromatic rings. The fourth-order valence-corrected chi connectivity index (χ4v) is 9.75. The summed E-state index contributed by atoms with van der Waals surface area (Å²) >= 11 is 0. The van der Waals surface area contributed by atoms with E-state index in [1.807, 2.05) is 96.4 Å². The number of ether oxygens (including phenoxy) is 2. The molecule has 0 amide bonds. The third-order valence-corrected chi connectivity index (χ3v) is 13.3. The highest BCUT2D eigenvalue weighted by Crippen LogP contribution is 2.36. The highest BCUT2D eigenvalue weighted by molar-refractivity contribution is 6.14. The number of aliphatic hydroxyl groups is 1. The fourth-order valence-electron chi connectivity index (χ4n) is 9.75. The summed E-state index contributed by atoms with van der Waals surface area (Å²) in [5.41, 5.74) is 5.84. The first-order chi connectivity index (χ1) is 33.7. The number of piperidine rings is 2. The number of carbonyl (C=O) groups excluding carboxylic acids is 3. The average Bonchev–Trinajstić information content (AvgIpc) is 3.86. The average molecular weight is 943 g/mol. The molecule has 0 atom stereocenters. The Morgan fingerprint density at radius 3 is 1.39 bits per heavy atom. The smallest absolute Gasteiger partial charge is 0.419 e. The molecule has 0 saturated carbocycles. The summed E-state index contributed by atoms with van der Waals surface area (Å²) in [7, 11) is 0. The number of hydrogen-bond donors (Lipinski definition) is 1. The van der Waals surface area contributed by atoms with Gasteiger partial charge in [-0.1, -0.05) is 24.3 Å². The molecule has 10 rings (SSSR count). The van der Waals surface area contributed by atoms with Crippen LogP contribution in [0.2, 0.25) is 0 Å². The first-order valence-corrected chi connectivity index (χ1v) is 24.4. The van der Waals surface area contributed by atoms with E-state index in [-0.39, 0.29) is 6.61 Å². The molecule has 0 unspecified atom stereocenters. The van der Waals surface area contributed by atoms with Gasteiger partial charge in [-0.25, -0.2) is 28.7 Å². The van der Waals surface area contributed by atoms with Gasteiger partial charge >= 0.3 is 12.2 Å². The summed E-state index contributed by atoms with van der Waals surface area (Å²) in [5.74, 6) is 3.02. The van der Waals surface area contributed by atoms with Crippen LogP contribution in [0.5, 0.6) is 0 Å². The zero-order valence-corrected chi connectivity index (χ0v) is 41.0. The van der Waals surface area contributed by atoms with Crippen molar-refractivity contribution >= 4 is 73.7 Å². The van der Waals surface area contributed by atoms with Gasteiger partial charge in [0, 0.05) is 109 Å². The maximum Gasteiger partial charge on any atom is 0.419 e. The molecular formula is C56H62N8O6. The minimum Gasteiger partial charge on any atom is -0.443 e. The number of benzene rings is 2. The van der Waals surface area contributed by atoms with Gasteiger partial charge < -0.3 is 29.2 Å². The van der Waals surface area contributed by atoms with Gasteiger partial charge in [0.15, 0.2) is 0 Å². The fraction of sp³-hybridized carbons (Fsp3) is 0.375. The number of aliphatic hydroxyl groups excluding tert-OH is 1. The molecule has 1 N–H and O–H groups in total. The third kappa shape index (κ3) is 10.4. The van der Waals surface area contributed by atoms with Crippen molar-refractivity contribution in [2.24, 2.45) is 11.8 Å². The van der Waals surface area contributed by atoms with Crippen molar-refractivity contribution < 1.29 is 29.0 Å². The van der Waals surface area contributed by atoms with Crippen LogP contribution in [-0.4, -0.2) is 96.6 Å². The van der Waals surface area contributed by atoms with Gasteiger partial charge in [0.1, 0.15) is 29.1 Å². The Hall–Kier alpha value is -7.19. The summed E-state index contributed by atoms with van der Waals surface area (Å²) in [4.78, 5) is 59.7. The molecule has 0 radical (unpaired) electrons. The lowest BCUT2D eigenvalue weighted by Gasteiger charge is -2.32. The lowest BCUT2D eigenvalue weighted by Crippen LogP contribution is -2.34.